The van der Waals surface area contributed by atoms with Gasteiger partial charge in [0.1, 0.15) is 12.1 Å². The van der Waals surface area contributed by atoms with E-state index in [-0.39, 0.29) is 12.3 Å². The van der Waals surface area contributed by atoms with Crippen molar-refractivity contribution in [2.45, 2.75) is 44.2 Å². The van der Waals surface area contributed by atoms with Gasteiger partial charge in [-0.05, 0) is 25.7 Å². The number of amides is 1. The van der Waals surface area contributed by atoms with Crippen LogP contribution in [0, 0.1) is 11.3 Å². The summed E-state index contributed by atoms with van der Waals surface area (Å²) in [7, 11) is 0. The lowest BCUT2D eigenvalue weighted by atomic mass is 10.1. The third-order valence-electron chi connectivity index (χ3n) is 2.62. The van der Waals surface area contributed by atoms with Gasteiger partial charge in [0.2, 0.25) is 5.91 Å². The number of aliphatic carboxylic acids is 1. The Morgan fingerprint density at radius 3 is 2.88 bits per heavy atom. The van der Waals surface area contributed by atoms with Crippen LogP contribution < -0.4 is 5.32 Å². The van der Waals surface area contributed by atoms with Gasteiger partial charge in [-0.25, -0.2) is 4.79 Å². The molecule has 0 aromatic carbocycles. The van der Waals surface area contributed by atoms with E-state index in [4.69, 9.17) is 15.1 Å². The molecule has 0 aromatic rings. The van der Waals surface area contributed by atoms with E-state index in [0.717, 1.165) is 6.42 Å². The maximum Gasteiger partial charge on any atom is 0.326 e. The summed E-state index contributed by atoms with van der Waals surface area (Å²) < 4.78 is 5.16. The third kappa shape index (κ3) is 4.41. The molecule has 0 spiro atoms. The molecule has 1 fully saturated rings. The molecule has 0 aliphatic carbocycles. The Bertz CT molecular complexity index is 318. The number of nitriles is 1. The van der Waals surface area contributed by atoms with Crippen LogP contribution in [0.1, 0.15) is 32.1 Å². The lowest BCUT2D eigenvalue weighted by molar-refractivity contribution is -0.143. The molecular weight excluding hydrogens is 224 g/mol. The Balaban J connectivity index is 2.40. The molecule has 17 heavy (non-hydrogen) atoms. The van der Waals surface area contributed by atoms with Crippen molar-refractivity contribution < 1.29 is 19.4 Å². The number of carbonyl (C=O) groups excluding carboxylic acids is 1. The zero-order chi connectivity index (χ0) is 12.7. The summed E-state index contributed by atoms with van der Waals surface area (Å²) in [6, 6.07) is 1.01. The lowest BCUT2D eigenvalue weighted by Gasteiger charge is -2.16. The molecular formula is C11H16N2O4. The zero-order valence-corrected chi connectivity index (χ0v) is 9.52. The number of hydrogen-bond donors (Lipinski definition) is 2. The van der Waals surface area contributed by atoms with E-state index in [1.165, 1.54) is 0 Å². The summed E-state index contributed by atoms with van der Waals surface area (Å²) in [6.45, 7) is 0.546. The number of carboxylic acid groups (broad SMARTS) is 1. The Labute approximate surface area is 99.6 Å². The summed E-state index contributed by atoms with van der Waals surface area (Å²) in [5.74, 6) is -1.44. The molecule has 1 saturated heterocycles. The van der Waals surface area contributed by atoms with Gasteiger partial charge in [0.25, 0.3) is 0 Å². The van der Waals surface area contributed by atoms with Gasteiger partial charge < -0.3 is 15.2 Å². The third-order valence-corrected chi connectivity index (χ3v) is 2.62. The normalized spacial score (nSPS) is 20.5. The van der Waals surface area contributed by atoms with Crippen LogP contribution in [0.3, 0.4) is 0 Å². The second kappa shape index (κ2) is 6.86. The van der Waals surface area contributed by atoms with Crippen LogP contribution in [0.2, 0.25) is 0 Å². The number of carboxylic acids is 1. The van der Waals surface area contributed by atoms with Crippen molar-refractivity contribution in [2.75, 3.05) is 6.61 Å². The number of unbranched alkanes of at least 4 members (excludes halogenated alkanes) is 1. The number of hydrogen-bond acceptors (Lipinski definition) is 4. The second-order valence-corrected chi connectivity index (χ2v) is 3.95. The Hall–Kier alpha value is -1.61. The smallest absolute Gasteiger partial charge is 0.326 e. The van der Waals surface area contributed by atoms with E-state index in [2.05, 4.69) is 5.32 Å². The van der Waals surface area contributed by atoms with Crippen molar-refractivity contribution in [3.8, 4) is 6.07 Å². The minimum absolute atomic E-state index is 0.265. The summed E-state index contributed by atoms with van der Waals surface area (Å²) in [5, 5.41) is 19.7. The first-order valence-corrected chi connectivity index (χ1v) is 5.67. The standard InChI is InChI=1S/C11H16N2O4/c12-6-2-1-4-8(11(15)16)13-10(14)9-5-3-7-17-9/h8-9H,1-5,7H2,(H,13,14)(H,15,16)/t8-,9-/m0/s1. The molecule has 94 valence electrons. The van der Waals surface area contributed by atoms with Crippen molar-refractivity contribution in [1.82, 2.24) is 5.32 Å². The van der Waals surface area contributed by atoms with Crippen LogP contribution in [-0.2, 0) is 14.3 Å². The van der Waals surface area contributed by atoms with Gasteiger partial charge >= 0.3 is 5.97 Å². The molecule has 0 radical (unpaired) electrons. The van der Waals surface area contributed by atoms with Crippen molar-refractivity contribution in [3.63, 3.8) is 0 Å². The molecule has 1 aliphatic heterocycles. The Morgan fingerprint density at radius 2 is 2.35 bits per heavy atom. The van der Waals surface area contributed by atoms with Crippen LogP contribution in [0.4, 0.5) is 0 Å². The van der Waals surface area contributed by atoms with Crippen LogP contribution in [0.5, 0.6) is 0 Å². The highest BCUT2D eigenvalue weighted by Crippen LogP contribution is 2.12. The summed E-state index contributed by atoms with van der Waals surface area (Å²) >= 11 is 0. The van der Waals surface area contributed by atoms with Crippen LogP contribution in [-0.4, -0.2) is 35.7 Å². The van der Waals surface area contributed by atoms with E-state index < -0.39 is 18.1 Å². The highest BCUT2D eigenvalue weighted by molar-refractivity contribution is 5.86. The van der Waals surface area contributed by atoms with Gasteiger partial charge in [0.15, 0.2) is 0 Å². The van der Waals surface area contributed by atoms with E-state index in [1.54, 1.807) is 0 Å². The van der Waals surface area contributed by atoms with Crippen molar-refractivity contribution >= 4 is 11.9 Å². The monoisotopic (exact) mass is 240 g/mol. The van der Waals surface area contributed by atoms with Crippen LogP contribution in [0.15, 0.2) is 0 Å². The highest BCUT2D eigenvalue weighted by Gasteiger charge is 2.27. The van der Waals surface area contributed by atoms with E-state index in [0.29, 0.717) is 25.9 Å². The topological polar surface area (TPSA) is 99.4 Å². The fourth-order valence-electron chi connectivity index (χ4n) is 1.69. The highest BCUT2D eigenvalue weighted by atomic mass is 16.5. The molecule has 2 N–H and O–H groups in total. The van der Waals surface area contributed by atoms with Gasteiger partial charge in [0.05, 0.1) is 6.07 Å². The predicted octanol–water partition coefficient (Wildman–Crippen LogP) is 0.429. The largest absolute Gasteiger partial charge is 0.480 e. The molecule has 0 bridgehead atoms. The fraction of sp³-hybridized carbons (Fsp3) is 0.727. The molecule has 0 unspecified atom stereocenters. The first kappa shape index (κ1) is 13.5. The average molecular weight is 240 g/mol. The number of ether oxygens (including phenoxy) is 1. The molecule has 0 aromatic heterocycles. The zero-order valence-electron chi connectivity index (χ0n) is 9.52. The number of nitrogens with one attached hydrogen (secondary N) is 1. The van der Waals surface area contributed by atoms with E-state index >= 15 is 0 Å². The summed E-state index contributed by atoms with van der Waals surface area (Å²) in [5.41, 5.74) is 0. The summed E-state index contributed by atoms with van der Waals surface area (Å²) in [4.78, 5) is 22.5. The minimum atomic E-state index is -1.07. The molecule has 6 heteroatoms. The van der Waals surface area contributed by atoms with Gasteiger partial charge in [0, 0.05) is 13.0 Å². The van der Waals surface area contributed by atoms with Gasteiger partial charge in [-0.1, -0.05) is 0 Å². The molecule has 1 amide bonds. The Kier molecular flexibility index (Phi) is 5.43. The van der Waals surface area contributed by atoms with Crippen molar-refractivity contribution in [3.05, 3.63) is 0 Å². The first-order chi connectivity index (χ1) is 8.15. The average Bonchev–Trinajstić information content (AvgIpc) is 2.81. The Morgan fingerprint density at radius 1 is 1.59 bits per heavy atom. The fourth-order valence-corrected chi connectivity index (χ4v) is 1.69. The molecule has 1 heterocycles. The second-order valence-electron chi connectivity index (χ2n) is 3.95. The predicted molar refractivity (Wildman–Crippen MR) is 58.0 cm³/mol. The van der Waals surface area contributed by atoms with Gasteiger partial charge in [-0.15, -0.1) is 0 Å². The van der Waals surface area contributed by atoms with Gasteiger partial charge in [-0.3, -0.25) is 4.79 Å². The lowest BCUT2D eigenvalue weighted by Crippen LogP contribution is -2.45. The van der Waals surface area contributed by atoms with E-state index in [9.17, 15) is 9.59 Å². The first-order valence-electron chi connectivity index (χ1n) is 5.67. The maximum atomic E-state index is 11.6. The number of nitrogens with zero attached hydrogens (tertiary/aromatic N) is 1. The summed E-state index contributed by atoms with van der Waals surface area (Å²) in [6.07, 6.45) is 1.95. The van der Waals surface area contributed by atoms with Crippen molar-refractivity contribution in [1.29, 1.82) is 5.26 Å². The van der Waals surface area contributed by atoms with Crippen LogP contribution in [0.25, 0.3) is 0 Å². The quantitative estimate of drug-likeness (QED) is 0.656. The molecule has 0 saturated carbocycles. The molecule has 2 atom stereocenters. The SMILES string of the molecule is N#CCCC[C@H](NC(=O)[C@@H]1CCCO1)C(=O)O. The van der Waals surface area contributed by atoms with Gasteiger partial charge in [-0.2, -0.15) is 5.26 Å². The molecule has 6 nitrogen and oxygen atoms in total. The minimum Gasteiger partial charge on any atom is -0.480 e. The van der Waals surface area contributed by atoms with Crippen molar-refractivity contribution in [2.24, 2.45) is 0 Å². The number of carbonyl (C=O) groups is 2. The van der Waals surface area contributed by atoms with Crippen LogP contribution >= 0.6 is 0 Å². The maximum absolute atomic E-state index is 11.6. The number of rotatable bonds is 6. The van der Waals surface area contributed by atoms with E-state index in [1.807, 2.05) is 6.07 Å². The molecule has 1 rings (SSSR count). The molecule has 1 aliphatic rings.